The molecule has 118 valence electrons. The van der Waals surface area contributed by atoms with Crippen molar-refractivity contribution in [2.45, 2.75) is 46.7 Å². The van der Waals surface area contributed by atoms with Crippen molar-refractivity contribution in [2.75, 3.05) is 31.9 Å². The molecular weight excluding hydrogens is 266 g/mol. The topological polar surface area (TPSA) is 67.4 Å². The van der Waals surface area contributed by atoms with Crippen molar-refractivity contribution in [1.29, 1.82) is 0 Å². The molecule has 2 N–H and O–H groups in total. The largest absolute Gasteiger partial charge is 0.396 e. The number of nitrogens with zero attached hydrogens (tertiary/aromatic N) is 4. The monoisotopic (exact) mass is 293 g/mol. The maximum absolute atomic E-state index is 12.4. The Morgan fingerprint density at radius 2 is 2.05 bits per heavy atom. The molecule has 0 bridgehead atoms. The van der Waals surface area contributed by atoms with Gasteiger partial charge in [-0.25, -0.2) is 0 Å². The van der Waals surface area contributed by atoms with Crippen molar-refractivity contribution in [2.24, 2.45) is 0 Å². The summed E-state index contributed by atoms with van der Waals surface area (Å²) in [7, 11) is 0. The molecule has 0 saturated carbocycles. The van der Waals surface area contributed by atoms with E-state index in [9.17, 15) is 4.79 Å². The molecule has 1 aromatic rings. The average molecular weight is 293 g/mol. The number of anilines is 1. The molecule has 1 unspecified atom stereocenters. The summed E-state index contributed by atoms with van der Waals surface area (Å²) >= 11 is 0. The van der Waals surface area contributed by atoms with Crippen LogP contribution in [0.1, 0.15) is 31.7 Å². The van der Waals surface area contributed by atoms with E-state index >= 15 is 0 Å². The number of rotatable bonds is 5. The van der Waals surface area contributed by atoms with Crippen LogP contribution in [0.4, 0.5) is 5.69 Å². The molecule has 1 saturated heterocycles. The van der Waals surface area contributed by atoms with Crippen molar-refractivity contribution in [1.82, 2.24) is 19.6 Å². The lowest BCUT2D eigenvalue weighted by molar-refractivity contribution is -0.131. The van der Waals surface area contributed by atoms with Gasteiger partial charge in [0, 0.05) is 19.1 Å². The molecule has 0 spiro atoms. The van der Waals surface area contributed by atoms with Gasteiger partial charge in [-0.2, -0.15) is 5.10 Å². The van der Waals surface area contributed by atoms with E-state index in [1.807, 2.05) is 18.7 Å². The molecule has 1 aliphatic rings. The van der Waals surface area contributed by atoms with Crippen molar-refractivity contribution in [3.63, 3.8) is 0 Å². The second kappa shape index (κ2) is 6.47. The zero-order valence-electron chi connectivity index (χ0n) is 13.6. The van der Waals surface area contributed by atoms with E-state index in [2.05, 4.69) is 23.8 Å². The van der Waals surface area contributed by atoms with Crippen LogP contribution in [-0.4, -0.2) is 57.7 Å². The summed E-state index contributed by atoms with van der Waals surface area (Å²) in [5.74, 6) is 0.134. The number of aryl methyl sites for hydroxylation is 1. The van der Waals surface area contributed by atoms with Gasteiger partial charge in [0.1, 0.15) is 6.54 Å². The number of hydrogen-bond acceptors (Lipinski definition) is 4. The van der Waals surface area contributed by atoms with Gasteiger partial charge in [0.05, 0.1) is 17.1 Å². The van der Waals surface area contributed by atoms with Gasteiger partial charge in [-0.1, -0.05) is 13.8 Å². The third-order valence-corrected chi connectivity index (χ3v) is 4.57. The molecule has 21 heavy (non-hydrogen) atoms. The van der Waals surface area contributed by atoms with E-state index in [1.54, 1.807) is 4.68 Å². The van der Waals surface area contributed by atoms with E-state index in [0.717, 1.165) is 44.0 Å². The number of amides is 1. The van der Waals surface area contributed by atoms with Gasteiger partial charge in [0.15, 0.2) is 0 Å². The fraction of sp³-hybridized carbons (Fsp3) is 0.733. The lowest BCUT2D eigenvalue weighted by atomic mass is 10.2. The number of hydrogen-bond donors (Lipinski definition) is 1. The minimum Gasteiger partial charge on any atom is -0.396 e. The summed E-state index contributed by atoms with van der Waals surface area (Å²) in [4.78, 5) is 16.8. The molecule has 0 radical (unpaired) electrons. The number of aromatic nitrogens is 2. The summed E-state index contributed by atoms with van der Waals surface area (Å²) in [6.45, 7) is 12.2. The summed E-state index contributed by atoms with van der Waals surface area (Å²) in [5, 5.41) is 4.34. The molecule has 2 rings (SSSR count). The van der Waals surface area contributed by atoms with Gasteiger partial charge in [-0.3, -0.25) is 14.4 Å². The molecule has 6 heteroatoms. The van der Waals surface area contributed by atoms with Crippen LogP contribution in [0.5, 0.6) is 0 Å². The van der Waals surface area contributed by atoms with Crippen LogP contribution in [0.3, 0.4) is 0 Å². The van der Waals surface area contributed by atoms with Crippen LogP contribution >= 0.6 is 0 Å². The molecule has 2 heterocycles. The highest BCUT2D eigenvalue weighted by atomic mass is 16.2. The lowest BCUT2D eigenvalue weighted by Crippen LogP contribution is -2.39. The number of carbonyl (C=O) groups excluding carboxylic acids is 1. The maximum Gasteiger partial charge on any atom is 0.244 e. The summed E-state index contributed by atoms with van der Waals surface area (Å²) in [5.41, 5.74) is 8.27. The Morgan fingerprint density at radius 1 is 1.38 bits per heavy atom. The predicted molar refractivity (Wildman–Crippen MR) is 84.0 cm³/mol. The van der Waals surface area contributed by atoms with Crippen LogP contribution in [0.25, 0.3) is 0 Å². The van der Waals surface area contributed by atoms with Crippen LogP contribution in [0.15, 0.2) is 0 Å². The van der Waals surface area contributed by atoms with Crippen LogP contribution < -0.4 is 5.73 Å². The number of likely N-dealkylation sites (N-methyl/N-ethyl adjacent to an activating group) is 1. The van der Waals surface area contributed by atoms with Gasteiger partial charge in [0.2, 0.25) is 5.91 Å². The molecule has 1 aromatic heterocycles. The highest BCUT2D eigenvalue weighted by Crippen LogP contribution is 2.18. The molecule has 1 atom stereocenters. The molecule has 1 aliphatic heterocycles. The van der Waals surface area contributed by atoms with Gasteiger partial charge in [0.25, 0.3) is 0 Å². The molecule has 6 nitrogen and oxygen atoms in total. The molecule has 1 amide bonds. The standard InChI is InChI=1S/C15H27N5O/c1-5-18(6-2)13-7-8-19(9-13)14(21)10-20-12(4)15(16)11(3)17-20/h13H,5-10,16H2,1-4H3. The Kier molecular flexibility index (Phi) is 4.88. The van der Waals surface area contributed by atoms with Crippen LogP contribution in [0, 0.1) is 13.8 Å². The number of carbonyl (C=O) groups is 1. The van der Waals surface area contributed by atoms with E-state index in [-0.39, 0.29) is 12.5 Å². The lowest BCUT2D eigenvalue weighted by Gasteiger charge is -2.26. The molecular formula is C15H27N5O. The number of likely N-dealkylation sites (tertiary alicyclic amines) is 1. The highest BCUT2D eigenvalue weighted by Gasteiger charge is 2.29. The van der Waals surface area contributed by atoms with Crippen molar-refractivity contribution in [3.05, 3.63) is 11.4 Å². The number of nitrogens with two attached hydrogens (primary N) is 1. The maximum atomic E-state index is 12.4. The van der Waals surface area contributed by atoms with Crippen LogP contribution in [0.2, 0.25) is 0 Å². The highest BCUT2D eigenvalue weighted by molar-refractivity contribution is 5.76. The minimum atomic E-state index is 0.134. The Hall–Kier alpha value is -1.56. The minimum absolute atomic E-state index is 0.134. The van der Waals surface area contributed by atoms with Gasteiger partial charge in [-0.15, -0.1) is 0 Å². The van der Waals surface area contributed by atoms with Crippen molar-refractivity contribution in [3.8, 4) is 0 Å². The molecule has 0 aliphatic carbocycles. The first-order valence-corrected chi connectivity index (χ1v) is 7.79. The van der Waals surface area contributed by atoms with E-state index in [4.69, 9.17) is 5.73 Å². The van der Waals surface area contributed by atoms with Gasteiger partial charge < -0.3 is 10.6 Å². The first-order chi connectivity index (χ1) is 9.97. The summed E-state index contributed by atoms with van der Waals surface area (Å²) in [6.07, 6.45) is 1.06. The van der Waals surface area contributed by atoms with Crippen molar-refractivity contribution < 1.29 is 4.79 Å². The Balaban J connectivity index is 1.97. The molecule has 1 fully saturated rings. The fourth-order valence-corrected chi connectivity index (χ4v) is 3.10. The number of nitrogen functional groups attached to an aromatic ring is 1. The van der Waals surface area contributed by atoms with Crippen molar-refractivity contribution >= 4 is 11.6 Å². The zero-order valence-corrected chi connectivity index (χ0v) is 13.6. The second-order valence-electron chi connectivity index (χ2n) is 5.75. The smallest absolute Gasteiger partial charge is 0.244 e. The quantitative estimate of drug-likeness (QED) is 0.880. The van der Waals surface area contributed by atoms with E-state index in [1.165, 1.54) is 0 Å². The summed E-state index contributed by atoms with van der Waals surface area (Å²) < 4.78 is 1.72. The second-order valence-corrected chi connectivity index (χ2v) is 5.75. The fourth-order valence-electron chi connectivity index (χ4n) is 3.10. The van der Waals surface area contributed by atoms with Gasteiger partial charge in [-0.05, 0) is 33.4 Å². The first-order valence-electron chi connectivity index (χ1n) is 7.79. The first kappa shape index (κ1) is 15.8. The van der Waals surface area contributed by atoms with Crippen LogP contribution in [-0.2, 0) is 11.3 Å². The Labute approximate surface area is 126 Å². The summed E-state index contributed by atoms with van der Waals surface area (Å²) in [6, 6.07) is 0.495. The normalized spacial score (nSPS) is 18.7. The molecule has 0 aromatic carbocycles. The van der Waals surface area contributed by atoms with E-state index < -0.39 is 0 Å². The Morgan fingerprint density at radius 3 is 2.57 bits per heavy atom. The Bertz CT molecular complexity index is 506. The SMILES string of the molecule is CCN(CC)C1CCN(C(=O)Cn2nc(C)c(N)c2C)C1. The third kappa shape index (κ3) is 3.20. The predicted octanol–water partition coefficient (Wildman–Crippen LogP) is 1.02. The van der Waals surface area contributed by atoms with Gasteiger partial charge >= 0.3 is 0 Å². The van der Waals surface area contributed by atoms with E-state index in [0.29, 0.717) is 11.7 Å². The zero-order chi connectivity index (χ0) is 15.6. The average Bonchev–Trinajstić information content (AvgIpc) is 3.03. The third-order valence-electron chi connectivity index (χ3n) is 4.57.